The normalized spacial score (nSPS) is 13.9. The lowest BCUT2D eigenvalue weighted by Crippen LogP contribution is -2.28. The zero-order valence-corrected chi connectivity index (χ0v) is 20.1. The van der Waals surface area contributed by atoms with Gasteiger partial charge in [0.25, 0.3) is 0 Å². The molecule has 1 aliphatic rings. The number of rotatable bonds is 2. The van der Waals surface area contributed by atoms with Crippen molar-refractivity contribution in [1.29, 1.82) is 5.41 Å². The van der Waals surface area contributed by atoms with Gasteiger partial charge in [0, 0.05) is 25.7 Å². The van der Waals surface area contributed by atoms with Gasteiger partial charge in [-0.05, 0) is 54.3 Å². The van der Waals surface area contributed by atoms with Crippen molar-refractivity contribution in [2.24, 2.45) is 16.5 Å². The van der Waals surface area contributed by atoms with Crippen molar-refractivity contribution in [3.63, 3.8) is 0 Å². The molecule has 34 heavy (non-hydrogen) atoms. The number of halogens is 1. The lowest BCUT2D eigenvalue weighted by molar-refractivity contribution is 0.0651. The molecule has 2 aromatic rings. The van der Waals surface area contributed by atoms with Gasteiger partial charge in [-0.2, -0.15) is 4.99 Å². The number of benzene rings is 2. The summed E-state index contributed by atoms with van der Waals surface area (Å²) in [4.78, 5) is 25.9. The molecule has 0 saturated heterocycles. The number of aliphatic imine (C=N–C) groups is 1. The number of carboxylic acids is 2. The van der Waals surface area contributed by atoms with Crippen LogP contribution >= 0.6 is 11.6 Å². The summed E-state index contributed by atoms with van der Waals surface area (Å²) < 4.78 is 0. The largest absolute Gasteiger partial charge is 0.478 e. The summed E-state index contributed by atoms with van der Waals surface area (Å²) >= 11 is 5.97. The standard InChI is InChI=1S/C11H14ClN.C8H6O4.C4H11N5/c1-8-7-13-5-4-9-2-3-10(12)6-11(8)9;9-7(10)5-3-1-2-4-6(5)8(11)12;1-9(2)4(7)8-3(5)6/h2-3,6,8,13H,4-5,7H2,1H3;1-4H,(H,9,10)(H,11,12);1-2H3,(H5,5,6,7,8)/t8-;;/m0../s1. The SMILES string of the molecule is CN(C)C(=N)N=C(N)N.C[C@H]1CNCCc2ccc(Cl)cc21.O=C(O)c1ccccc1C(=O)O. The number of nitrogens with one attached hydrogen (secondary N) is 2. The van der Waals surface area contributed by atoms with Crippen LogP contribution in [0.1, 0.15) is 44.7 Å². The minimum absolute atomic E-state index is 0.0509. The molecule has 3 rings (SSSR count). The fourth-order valence-corrected chi connectivity index (χ4v) is 3.16. The van der Waals surface area contributed by atoms with Crippen LogP contribution in [0, 0.1) is 5.41 Å². The first kappa shape index (κ1) is 28.4. The van der Waals surface area contributed by atoms with E-state index in [9.17, 15) is 9.59 Å². The zero-order valence-electron chi connectivity index (χ0n) is 19.4. The molecule has 10 nitrogen and oxygen atoms in total. The Balaban J connectivity index is 0.000000260. The summed E-state index contributed by atoms with van der Waals surface area (Å²) in [5.41, 5.74) is 12.5. The average Bonchev–Trinajstić information content (AvgIpc) is 2.95. The van der Waals surface area contributed by atoms with E-state index in [-0.39, 0.29) is 23.0 Å². The van der Waals surface area contributed by atoms with Crippen LogP contribution in [0.5, 0.6) is 0 Å². The van der Waals surface area contributed by atoms with E-state index in [1.807, 2.05) is 6.07 Å². The summed E-state index contributed by atoms with van der Waals surface area (Å²) in [6.07, 6.45) is 1.12. The quantitative estimate of drug-likeness (QED) is 0.274. The first-order valence-electron chi connectivity index (χ1n) is 10.3. The van der Waals surface area contributed by atoms with Gasteiger partial charge in [0.15, 0.2) is 5.96 Å². The van der Waals surface area contributed by atoms with Crippen LogP contribution in [0.15, 0.2) is 47.5 Å². The van der Waals surface area contributed by atoms with Gasteiger partial charge in [-0.25, -0.2) is 9.59 Å². The van der Waals surface area contributed by atoms with E-state index in [1.165, 1.54) is 40.3 Å². The van der Waals surface area contributed by atoms with Gasteiger partial charge in [-0.1, -0.05) is 36.7 Å². The number of nitrogens with zero attached hydrogens (tertiary/aromatic N) is 2. The predicted molar refractivity (Wildman–Crippen MR) is 134 cm³/mol. The number of hydrogen-bond acceptors (Lipinski definition) is 4. The second-order valence-corrected chi connectivity index (χ2v) is 8.05. The monoisotopic (exact) mass is 490 g/mol. The first-order chi connectivity index (χ1) is 15.9. The van der Waals surface area contributed by atoms with E-state index in [2.05, 4.69) is 29.4 Å². The maximum atomic E-state index is 10.5. The van der Waals surface area contributed by atoms with Crippen molar-refractivity contribution in [3.8, 4) is 0 Å². The Bertz CT molecular complexity index is 1000. The molecule has 8 N–H and O–H groups in total. The number of fused-ring (bicyclic) bond motifs is 1. The molecule has 2 aromatic carbocycles. The molecule has 1 heterocycles. The molecule has 0 spiro atoms. The Morgan fingerprint density at radius 3 is 2.12 bits per heavy atom. The highest BCUT2D eigenvalue weighted by atomic mass is 35.5. The molecule has 11 heteroatoms. The molecule has 0 aliphatic carbocycles. The van der Waals surface area contributed by atoms with Gasteiger partial charge < -0.3 is 31.9 Å². The van der Waals surface area contributed by atoms with Crippen LogP contribution in [0.2, 0.25) is 5.02 Å². The van der Waals surface area contributed by atoms with Gasteiger partial charge in [0.1, 0.15) is 0 Å². The van der Waals surface area contributed by atoms with Gasteiger partial charge >= 0.3 is 11.9 Å². The zero-order chi connectivity index (χ0) is 25.8. The van der Waals surface area contributed by atoms with Crippen molar-refractivity contribution in [1.82, 2.24) is 10.2 Å². The Morgan fingerprint density at radius 1 is 1.12 bits per heavy atom. The highest BCUT2D eigenvalue weighted by molar-refractivity contribution is 6.30. The van der Waals surface area contributed by atoms with Gasteiger partial charge in [0.2, 0.25) is 5.96 Å². The van der Waals surface area contributed by atoms with Gasteiger partial charge in [-0.15, -0.1) is 0 Å². The smallest absolute Gasteiger partial charge is 0.336 e. The van der Waals surface area contributed by atoms with Crippen LogP contribution in [0.3, 0.4) is 0 Å². The first-order valence-corrected chi connectivity index (χ1v) is 10.7. The van der Waals surface area contributed by atoms with Gasteiger partial charge in [0.05, 0.1) is 11.1 Å². The van der Waals surface area contributed by atoms with Crippen LogP contribution in [-0.4, -0.2) is 66.2 Å². The lowest BCUT2D eigenvalue weighted by Gasteiger charge is -2.11. The highest BCUT2D eigenvalue weighted by Gasteiger charge is 2.14. The van der Waals surface area contributed by atoms with Crippen molar-refractivity contribution in [3.05, 3.63) is 69.7 Å². The van der Waals surface area contributed by atoms with Gasteiger partial charge in [-0.3, -0.25) is 5.41 Å². The minimum atomic E-state index is -1.23. The maximum absolute atomic E-state index is 10.5. The molecular formula is C23H31ClN6O4. The third-order valence-electron chi connectivity index (χ3n) is 4.71. The number of hydrogen-bond donors (Lipinski definition) is 6. The van der Waals surface area contributed by atoms with Crippen LogP contribution in [0.4, 0.5) is 0 Å². The molecule has 0 amide bonds. The third kappa shape index (κ3) is 9.47. The molecule has 1 atom stereocenters. The Hall–Kier alpha value is -3.63. The van der Waals surface area contributed by atoms with Crippen molar-refractivity contribution < 1.29 is 19.8 Å². The van der Waals surface area contributed by atoms with Crippen LogP contribution in [0.25, 0.3) is 0 Å². The van der Waals surface area contributed by atoms with Crippen molar-refractivity contribution >= 4 is 35.5 Å². The summed E-state index contributed by atoms with van der Waals surface area (Å²) in [5.74, 6) is -1.92. The molecule has 184 valence electrons. The van der Waals surface area contributed by atoms with E-state index in [0.717, 1.165) is 24.5 Å². The number of carboxylic acid groups (broad SMARTS) is 2. The number of nitrogens with two attached hydrogens (primary N) is 2. The molecule has 0 aromatic heterocycles. The number of guanidine groups is 2. The summed E-state index contributed by atoms with van der Waals surface area (Å²) in [6, 6.07) is 11.7. The lowest BCUT2D eigenvalue weighted by atomic mass is 9.96. The fraction of sp³-hybridized carbons (Fsp3) is 0.304. The summed E-state index contributed by atoms with van der Waals surface area (Å²) in [5, 5.41) is 28.4. The van der Waals surface area contributed by atoms with E-state index in [1.54, 1.807) is 14.1 Å². The second kappa shape index (κ2) is 13.8. The maximum Gasteiger partial charge on any atom is 0.336 e. The Kier molecular flexibility index (Phi) is 11.5. The molecule has 0 bridgehead atoms. The number of aromatic carboxylic acids is 2. The van der Waals surface area contributed by atoms with E-state index in [4.69, 9.17) is 38.7 Å². The molecule has 0 radical (unpaired) electrons. The highest BCUT2D eigenvalue weighted by Crippen LogP contribution is 2.25. The van der Waals surface area contributed by atoms with Crippen LogP contribution in [-0.2, 0) is 6.42 Å². The predicted octanol–water partition coefficient (Wildman–Crippen LogP) is 2.43. The van der Waals surface area contributed by atoms with E-state index in [0.29, 0.717) is 5.92 Å². The molecule has 1 aliphatic heterocycles. The molecule has 0 fully saturated rings. The molecule has 0 saturated carbocycles. The third-order valence-corrected chi connectivity index (χ3v) is 4.94. The minimum Gasteiger partial charge on any atom is -0.478 e. The Labute approximate surface area is 203 Å². The molecule has 0 unspecified atom stereocenters. The van der Waals surface area contributed by atoms with Crippen LogP contribution < -0.4 is 16.8 Å². The van der Waals surface area contributed by atoms with Crippen molar-refractivity contribution in [2.75, 3.05) is 27.2 Å². The summed E-state index contributed by atoms with van der Waals surface area (Å²) in [7, 11) is 3.38. The van der Waals surface area contributed by atoms with Crippen molar-refractivity contribution in [2.45, 2.75) is 19.3 Å². The number of carbonyl (C=O) groups is 2. The fourth-order valence-electron chi connectivity index (χ4n) is 2.98. The van der Waals surface area contributed by atoms with E-state index < -0.39 is 11.9 Å². The Morgan fingerprint density at radius 2 is 1.68 bits per heavy atom. The second-order valence-electron chi connectivity index (χ2n) is 7.61. The average molecular weight is 491 g/mol. The molecular weight excluding hydrogens is 460 g/mol. The topological polar surface area (TPSA) is 178 Å². The summed E-state index contributed by atoms with van der Waals surface area (Å²) in [6.45, 7) is 4.39. The van der Waals surface area contributed by atoms with E-state index >= 15 is 0 Å².